The summed E-state index contributed by atoms with van der Waals surface area (Å²) in [4.78, 5) is 24.1. The Kier molecular flexibility index (Phi) is 6.42. The smallest absolute Gasteiger partial charge is 0.334 e. The summed E-state index contributed by atoms with van der Waals surface area (Å²) < 4.78 is 8.98. The Morgan fingerprint density at radius 2 is 1.50 bits per heavy atom. The zero-order chi connectivity index (χ0) is 12.6. The van der Waals surface area contributed by atoms with Gasteiger partial charge in [-0.2, -0.15) is 0 Å². The Bertz CT molecular complexity index is 305. The first-order valence-corrected chi connectivity index (χ1v) is 4.39. The average Bonchev–Trinajstić information content (AvgIpc) is 2.29. The van der Waals surface area contributed by atoms with Crippen molar-refractivity contribution >= 4 is 11.9 Å². The van der Waals surface area contributed by atoms with Crippen LogP contribution >= 0.6 is 0 Å². The van der Waals surface area contributed by atoms with Gasteiger partial charge >= 0.3 is 11.9 Å². The first-order valence-electron chi connectivity index (χ1n) is 4.39. The van der Waals surface area contributed by atoms with Crippen LogP contribution in [0, 0.1) is 24.7 Å². The van der Waals surface area contributed by atoms with Gasteiger partial charge in [-0.15, -0.1) is 12.8 Å². The number of ether oxygens (including phenoxy) is 2. The minimum absolute atomic E-state index is 0.0546. The largest absolute Gasteiger partial charge is 0.467 e. The predicted octanol–water partition coefficient (Wildman–Crippen LogP) is -0.731. The van der Waals surface area contributed by atoms with Crippen LogP contribution in [0.1, 0.15) is 0 Å². The molecule has 0 aliphatic heterocycles. The summed E-state index contributed by atoms with van der Waals surface area (Å²) >= 11 is 0. The number of rotatable bonds is 5. The molecule has 0 spiro atoms. The maximum atomic E-state index is 11.4. The standard InChI is InChI=1S/C11H13NO4/c1-5-7-12(8-6-2)9(10(13)15-3)11(14)16-4/h1-2,9H,7-8H2,3-4H3. The van der Waals surface area contributed by atoms with E-state index in [-0.39, 0.29) is 13.1 Å². The Morgan fingerprint density at radius 1 is 1.12 bits per heavy atom. The summed E-state index contributed by atoms with van der Waals surface area (Å²) in [6.07, 6.45) is 10.2. The van der Waals surface area contributed by atoms with Crippen molar-refractivity contribution < 1.29 is 19.1 Å². The third-order valence-electron chi connectivity index (χ3n) is 1.80. The Balaban J connectivity index is 4.97. The first kappa shape index (κ1) is 14.0. The van der Waals surface area contributed by atoms with Crippen molar-refractivity contribution in [1.82, 2.24) is 4.90 Å². The van der Waals surface area contributed by atoms with Crippen LogP contribution in [0.25, 0.3) is 0 Å². The maximum absolute atomic E-state index is 11.4. The van der Waals surface area contributed by atoms with Gasteiger partial charge in [0.1, 0.15) is 0 Å². The number of hydrogen-bond donors (Lipinski definition) is 0. The van der Waals surface area contributed by atoms with E-state index in [2.05, 4.69) is 21.3 Å². The number of nitrogens with zero attached hydrogens (tertiary/aromatic N) is 1. The van der Waals surface area contributed by atoms with Crippen LogP contribution < -0.4 is 0 Å². The van der Waals surface area contributed by atoms with E-state index < -0.39 is 18.0 Å². The molecule has 0 aromatic carbocycles. The average molecular weight is 223 g/mol. The molecule has 0 saturated carbocycles. The van der Waals surface area contributed by atoms with Gasteiger partial charge in [0, 0.05) is 0 Å². The van der Waals surface area contributed by atoms with E-state index in [0.717, 1.165) is 0 Å². The monoisotopic (exact) mass is 223 g/mol. The van der Waals surface area contributed by atoms with Gasteiger partial charge in [-0.3, -0.25) is 4.90 Å². The molecule has 0 aliphatic rings. The fourth-order valence-corrected chi connectivity index (χ4v) is 1.09. The van der Waals surface area contributed by atoms with Crippen LogP contribution in [0.5, 0.6) is 0 Å². The lowest BCUT2D eigenvalue weighted by Gasteiger charge is -2.23. The highest BCUT2D eigenvalue weighted by atomic mass is 16.5. The highest BCUT2D eigenvalue weighted by molar-refractivity contribution is 5.99. The van der Waals surface area contributed by atoms with Crippen LogP contribution in [0.3, 0.4) is 0 Å². The predicted molar refractivity (Wildman–Crippen MR) is 57.1 cm³/mol. The second-order valence-electron chi connectivity index (χ2n) is 2.76. The number of carbonyl (C=O) groups excluding carboxylic acids is 2. The third kappa shape index (κ3) is 3.64. The summed E-state index contributed by atoms with van der Waals surface area (Å²) in [6.45, 7) is 0.109. The molecule has 86 valence electrons. The van der Waals surface area contributed by atoms with Crippen molar-refractivity contribution in [1.29, 1.82) is 0 Å². The molecular weight excluding hydrogens is 210 g/mol. The molecule has 0 N–H and O–H groups in total. The van der Waals surface area contributed by atoms with Crippen molar-refractivity contribution in [3.63, 3.8) is 0 Å². The van der Waals surface area contributed by atoms with Crippen LogP contribution in [-0.2, 0) is 19.1 Å². The fraction of sp³-hybridized carbons (Fsp3) is 0.455. The zero-order valence-corrected chi connectivity index (χ0v) is 9.23. The zero-order valence-electron chi connectivity index (χ0n) is 9.23. The highest BCUT2D eigenvalue weighted by Gasteiger charge is 2.34. The minimum Gasteiger partial charge on any atom is -0.467 e. The molecule has 16 heavy (non-hydrogen) atoms. The van der Waals surface area contributed by atoms with Gasteiger partial charge in [-0.1, -0.05) is 11.8 Å². The number of methoxy groups -OCH3 is 2. The molecular formula is C11H13NO4. The Labute approximate surface area is 94.7 Å². The van der Waals surface area contributed by atoms with Crippen molar-refractivity contribution in [3.8, 4) is 24.7 Å². The molecule has 0 aromatic rings. The first-order chi connectivity index (χ1) is 7.62. The van der Waals surface area contributed by atoms with Gasteiger partial charge in [0.05, 0.1) is 27.3 Å². The van der Waals surface area contributed by atoms with E-state index in [1.807, 2.05) is 0 Å². The molecule has 0 aliphatic carbocycles. The molecule has 0 heterocycles. The fourth-order valence-electron chi connectivity index (χ4n) is 1.09. The number of hydrogen-bond acceptors (Lipinski definition) is 5. The third-order valence-corrected chi connectivity index (χ3v) is 1.80. The Hall–Kier alpha value is -1.98. The van der Waals surface area contributed by atoms with E-state index in [1.165, 1.54) is 19.1 Å². The topological polar surface area (TPSA) is 55.8 Å². The molecule has 0 aromatic heterocycles. The minimum atomic E-state index is -1.22. The van der Waals surface area contributed by atoms with E-state index in [4.69, 9.17) is 12.8 Å². The van der Waals surface area contributed by atoms with Crippen LogP contribution in [0.15, 0.2) is 0 Å². The summed E-state index contributed by atoms with van der Waals surface area (Å²) in [5.41, 5.74) is 0. The normalized spacial score (nSPS) is 9.38. The summed E-state index contributed by atoms with van der Waals surface area (Å²) in [7, 11) is 2.34. The van der Waals surface area contributed by atoms with Gasteiger partial charge in [0.15, 0.2) is 0 Å². The second-order valence-corrected chi connectivity index (χ2v) is 2.76. The van der Waals surface area contributed by atoms with Crippen LogP contribution in [0.2, 0.25) is 0 Å². The van der Waals surface area contributed by atoms with Gasteiger partial charge in [0.2, 0.25) is 6.04 Å². The molecule has 0 atom stereocenters. The highest BCUT2D eigenvalue weighted by Crippen LogP contribution is 2.03. The maximum Gasteiger partial charge on any atom is 0.334 e. The molecule has 0 bridgehead atoms. The van der Waals surface area contributed by atoms with Crippen LogP contribution in [-0.4, -0.2) is 50.2 Å². The summed E-state index contributed by atoms with van der Waals surface area (Å²) in [5.74, 6) is 3.11. The second kappa shape index (κ2) is 7.33. The van der Waals surface area contributed by atoms with Crippen molar-refractivity contribution in [2.45, 2.75) is 6.04 Å². The lowest BCUT2D eigenvalue weighted by Crippen LogP contribution is -2.48. The van der Waals surface area contributed by atoms with Gasteiger partial charge in [-0.25, -0.2) is 9.59 Å². The number of terminal acetylenes is 2. The van der Waals surface area contributed by atoms with Crippen molar-refractivity contribution in [2.24, 2.45) is 0 Å². The molecule has 5 heteroatoms. The van der Waals surface area contributed by atoms with Gasteiger partial charge in [-0.05, 0) is 0 Å². The van der Waals surface area contributed by atoms with E-state index in [9.17, 15) is 9.59 Å². The molecule has 0 rings (SSSR count). The van der Waals surface area contributed by atoms with E-state index in [0.29, 0.717) is 0 Å². The van der Waals surface area contributed by atoms with Gasteiger partial charge in [0.25, 0.3) is 0 Å². The summed E-state index contributed by atoms with van der Waals surface area (Å²) in [5, 5.41) is 0. The number of esters is 2. The van der Waals surface area contributed by atoms with Crippen LogP contribution in [0.4, 0.5) is 0 Å². The van der Waals surface area contributed by atoms with E-state index in [1.54, 1.807) is 0 Å². The van der Waals surface area contributed by atoms with E-state index >= 15 is 0 Å². The van der Waals surface area contributed by atoms with Gasteiger partial charge < -0.3 is 9.47 Å². The summed E-state index contributed by atoms with van der Waals surface area (Å²) in [6, 6.07) is -1.22. The quantitative estimate of drug-likeness (QED) is 0.349. The molecule has 0 saturated heterocycles. The van der Waals surface area contributed by atoms with Crippen molar-refractivity contribution in [3.05, 3.63) is 0 Å². The molecule has 0 amide bonds. The number of carbonyl (C=O) groups is 2. The molecule has 0 fully saturated rings. The Morgan fingerprint density at radius 3 is 1.75 bits per heavy atom. The molecule has 5 nitrogen and oxygen atoms in total. The van der Waals surface area contributed by atoms with Crippen molar-refractivity contribution in [2.75, 3.05) is 27.3 Å². The lowest BCUT2D eigenvalue weighted by atomic mass is 10.2. The SMILES string of the molecule is C#CCN(CC#C)C(C(=O)OC)C(=O)OC. The lowest BCUT2D eigenvalue weighted by molar-refractivity contribution is -0.160. The molecule has 0 unspecified atom stereocenters. The molecule has 0 radical (unpaired) electrons.